The number of hydrogen-bond donors (Lipinski definition) is 2. The number of rotatable bonds is 5. The van der Waals surface area contributed by atoms with Gasteiger partial charge in [0.15, 0.2) is 0 Å². The van der Waals surface area contributed by atoms with Gasteiger partial charge in [0.1, 0.15) is 12.2 Å². The van der Waals surface area contributed by atoms with E-state index < -0.39 is 5.60 Å². The highest BCUT2D eigenvalue weighted by atomic mass is 16.3. The van der Waals surface area contributed by atoms with Gasteiger partial charge < -0.3 is 10.4 Å². The van der Waals surface area contributed by atoms with E-state index >= 15 is 0 Å². The average Bonchev–Trinajstić information content (AvgIpc) is 2.63. The summed E-state index contributed by atoms with van der Waals surface area (Å²) in [7, 11) is 0. The minimum atomic E-state index is -0.461. The number of aromatic nitrogens is 3. The molecular formula is C10H18N4O. The minimum absolute atomic E-state index is 0.461. The molecule has 2 N–H and O–H groups in total. The Bertz CT molecular complexity index is 319. The predicted molar refractivity (Wildman–Crippen MR) is 56.2 cm³/mol. The Morgan fingerprint density at radius 3 is 3.00 bits per heavy atom. The highest BCUT2D eigenvalue weighted by molar-refractivity contribution is 4.91. The lowest BCUT2D eigenvalue weighted by Gasteiger charge is -2.36. The second-order valence-electron chi connectivity index (χ2n) is 4.17. The maximum Gasteiger partial charge on any atom is 0.140 e. The van der Waals surface area contributed by atoms with Gasteiger partial charge in [-0.2, -0.15) is 5.10 Å². The second kappa shape index (κ2) is 4.28. The molecule has 5 nitrogen and oxygen atoms in total. The third-order valence-electron chi connectivity index (χ3n) is 3.02. The van der Waals surface area contributed by atoms with Crippen LogP contribution in [0.25, 0.3) is 0 Å². The Morgan fingerprint density at radius 2 is 2.40 bits per heavy atom. The van der Waals surface area contributed by atoms with Crippen LogP contribution in [0.2, 0.25) is 0 Å². The normalized spacial score (nSPS) is 18.8. The fourth-order valence-corrected chi connectivity index (χ4v) is 1.86. The Morgan fingerprint density at radius 1 is 1.60 bits per heavy atom. The molecule has 0 unspecified atom stereocenters. The maximum absolute atomic E-state index is 9.86. The molecule has 15 heavy (non-hydrogen) atoms. The highest BCUT2D eigenvalue weighted by Crippen LogP contribution is 2.30. The predicted octanol–water partition coefficient (Wildman–Crippen LogP) is 0.303. The molecule has 1 saturated carbocycles. The Balaban J connectivity index is 1.78. The molecule has 84 valence electrons. The van der Waals surface area contributed by atoms with Crippen LogP contribution >= 0.6 is 0 Å². The molecule has 1 fully saturated rings. The van der Waals surface area contributed by atoms with Crippen molar-refractivity contribution in [2.24, 2.45) is 0 Å². The van der Waals surface area contributed by atoms with Crippen LogP contribution in [-0.4, -0.2) is 32.0 Å². The zero-order valence-electron chi connectivity index (χ0n) is 9.11. The number of nitrogens with zero attached hydrogens (tertiary/aromatic N) is 3. The van der Waals surface area contributed by atoms with E-state index in [1.54, 1.807) is 6.33 Å². The van der Waals surface area contributed by atoms with E-state index in [0.29, 0.717) is 13.1 Å². The van der Waals surface area contributed by atoms with Crippen LogP contribution in [0.5, 0.6) is 0 Å². The monoisotopic (exact) mass is 210 g/mol. The van der Waals surface area contributed by atoms with Gasteiger partial charge in [0, 0.05) is 13.1 Å². The molecule has 0 saturated heterocycles. The van der Waals surface area contributed by atoms with Gasteiger partial charge in [0.25, 0.3) is 0 Å². The van der Waals surface area contributed by atoms with Crippen LogP contribution in [0.3, 0.4) is 0 Å². The van der Waals surface area contributed by atoms with Crippen molar-refractivity contribution in [1.29, 1.82) is 0 Å². The second-order valence-corrected chi connectivity index (χ2v) is 4.17. The van der Waals surface area contributed by atoms with Crippen LogP contribution in [0.15, 0.2) is 6.33 Å². The van der Waals surface area contributed by atoms with Crippen molar-refractivity contribution < 1.29 is 5.11 Å². The summed E-state index contributed by atoms with van der Waals surface area (Å²) in [6, 6.07) is 0. The molecule has 0 radical (unpaired) electrons. The van der Waals surface area contributed by atoms with Gasteiger partial charge in [-0.1, -0.05) is 0 Å². The summed E-state index contributed by atoms with van der Waals surface area (Å²) in [5.74, 6) is 0.931. The lowest BCUT2D eigenvalue weighted by Crippen LogP contribution is -2.46. The summed E-state index contributed by atoms with van der Waals surface area (Å²) >= 11 is 0. The van der Waals surface area contributed by atoms with Crippen LogP contribution in [0.4, 0.5) is 0 Å². The summed E-state index contributed by atoms with van der Waals surface area (Å²) in [6.45, 7) is 4.21. The van der Waals surface area contributed by atoms with E-state index in [-0.39, 0.29) is 0 Å². The first-order valence-corrected chi connectivity index (χ1v) is 5.53. The van der Waals surface area contributed by atoms with Crippen LogP contribution in [0.1, 0.15) is 32.0 Å². The standard InChI is InChI=1S/C10H18N4O/c1-2-14-9(12-8-13-14)6-11-7-10(15)4-3-5-10/h8,11,15H,2-7H2,1H3. The van der Waals surface area contributed by atoms with Gasteiger partial charge >= 0.3 is 0 Å². The number of hydrogen-bond acceptors (Lipinski definition) is 4. The van der Waals surface area contributed by atoms with E-state index in [4.69, 9.17) is 0 Å². The largest absolute Gasteiger partial charge is 0.389 e. The lowest BCUT2D eigenvalue weighted by atomic mass is 9.80. The topological polar surface area (TPSA) is 63.0 Å². The molecule has 0 spiro atoms. The SMILES string of the molecule is CCn1ncnc1CNCC1(O)CCC1. The fourth-order valence-electron chi connectivity index (χ4n) is 1.86. The molecule has 0 aromatic carbocycles. The smallest absolute Gasteiger partial charge is 0.140 e. The lowest BCUT2D eigenvalue weighted by molar-refractivity contribution is -0.0316. The zero-order valence-corrected chi connectivity index (χ0v) is 9.11. The first-order valence-electron chi connectivity index (χ1n) is 5.53. The van der Waals surface area contributed by atoms with Gasteiger partial charge in [0.2, 0.25) is 0 Å². The Labute approximate surface area is 89.5 Å². The van der Waals surface area contributed by atoms with Crippen molar-refractivity contribution in [3.8, 4) is 0 Å². The summed E-state index contributed by atoms with van der Waals surface area (Å²) in [4.78, 5) is 4.16. The summed E-state index contributed by atoms with van der Waals surface area (Å²) in [5, 5.41) is 17.2. The molecule has 2 rings (SSSR count). The average molecular weight is 210 g/mol. The van der Waals surface area contributed by atoms with Crippen molar-refractivity contribution in [2.45, 2.75) is 44.9 Å². The third kappa shape index (κ3) is 2.35. The summed E-state index contributed by atoms with van der Waals surface area (Å²) < 4.78 is 1.86. The van der Waals surface area contributed by atoms with Crippen molar-refractivity contribution >= 4 is 0 Å². The number of aliphatic hydroxyl groups is 1. The molecule has 5 heteroatoms. The molecule has 1 aliphatic carbocycles. The van der Waals surface area contributed by atoms with Crippen molar-refractivity contribution in [3.05, 3.63) is 12.2 Å². The van der Waals surface area contributed by atoms with Crippen LogP contribution in [0, 0.1) is 0 Å². The first-order chi connectivity index (χ1) is 7.23. The third-order valence-corrected chi connectivity index (χ3v) is 3.02. The van der Waals surface area contributed by atoms with E-state index in [0.717, 1.165) is 31.6 Å². The van der Waals surface area contributed by atoms with Gasteiger partial charge in [-0.15, -0.1) is 0 Å². The van der Waals surface area contributed by atoms with E-state index in [1.807, 2.05) is 11.6 Å². The van der Waals surface area contributed by atoms with Gasteiger partial charge in [-0.05, 0) is 26.2 Å². The van der Waals surface area contributed by atoms with Crippen LogP contribution < -0.4 is 5.32 Å². The van der Waals surface area contributed by atoms with Crippen molar-refractivity contribution in [1.82, 2.24) is 20.1 Å². The Hall–Kier alpha value is -0.940. The fraction of sp³-hybridized carbons (Fsp3) is 0.800. The molecular weight excluding hydrogens is 192 g/mol. The molecule has 1 aliphatic rings. The Kier molecular flexibility index (Phi) is 3.02. The molecule has 0 aliphatic heterocycles. The minimum Gasteiger partial charge on any atom is -0.389 e. The summed E-state index contributed by atoms with van der Waals surface area (Å²) in [6.07, 6.45) is 4.54. The van der Waals surface area contributed by atoms with Crippen molar-refractivity contribution in [2.75, 3.05) is 6.54 Å². The van der Waals surface area contributed by atoms with Crippen LogP contribution in [-0.2, 0) is 13.1 Å². The molecule has 1 heterocycles. The van der Waals surface area contributed by atoms with Gasteiger partial charge in [-0.25, -0.2) is 9.67 Å². The van der Waals surface area contributed by atoms with E-state index in [9.17, 15) is 5.11 Å². The van der Waals surface area contributed by atoms with Crippen molar-refractivity contribution in [3.63, 3.8) is 0 Å². The van der Waals surface area contributed by atoms with Gasteiger partial charge in [-0.3, -0.25) is 0 Å². The zero-order chi connectivity index (χ0) is 10.7. The van der Waals surface area contributed by atoms with Gasteiger partial charge in [0.05, 0.1) is 12.1 Å². The van der Waals surface area contributed by atoms with E-state index in [1.165, 1.54) is 0 Å². The summed E-state index contributed by atoms with van der Waals surface area (Å²) in [5.41, 5.74) is -0.461. The molecule has 1 aromatic heterocycles. The van der Waals surface area contributed by atoms with E-state index in [2.05, 4.69) is 15.4 Å². The maximum atomic E-state index is 9.86. The molecule has 0 bridgehead atoms. The highest BCUT2D eigenvalue weighted by Gasteiger charge is 2.33. The molecule has 0 amide bonds. The quantitative estimate of drug-likeness (QED) is 0.734. The number of aryl methyl sites for hydroxylation is 1. The first kappa shape index (κ1) is 10.6. The molecule has 1 aromatic rings. The number of nitrogens with one attached hydrogen (secondary N) is 1. The molecule has 0 atom stereocenters.